The Hall–Kier alpha value is -7.92. The zero-order valence-corrected chi connectivity index (χ0v) is 32.7. The van der Waals surface area contributed by atoms with Crippen LogP contribution in [-0.4, -0.2) is 54.4 Å². The maximum Gasteiger partial charge on any atom is 0.166 e. The Bertz CT molecular complexity index is 2990. The van der Waals surface area contributed by atoms with E-state index in [1.54, 1.807) is 6.20 Å². The SMILES string of the molecule is Cc1nc(C)nc(-c2ccc3c4ccc(-c5nc(C)nc(C)n5)cc4n(-c4ccc(-c5cccnc5)cc4-c4nc(-c5ccccc5)nc(-c5ccccc5)n4)c3c2)n1. The molecule has 10 aromatic rings. The van der Waals surface area contributed by atoms with Crippen LogP contribution in [0.5, 0.6) is 0 Å². The van der Waals surface area contributed by atoms with Gasteiger partial charge in [0.15, 0.2) is 29.1 Å². The van der Waals surface area contributed by atoms with Crippen molar-refractivity contribution in [3.8, 4) is 73.8 Å². The molecule has 0 aliphatic heterocycles. The Morgan fingerprint density at radius 3 is 1.31 bits per heavy atom. The van der Waals surface area contributed by atoms with E-state index in [4.69, 9.17) is 34.9 Å². The number of rotatable bonds is 7. The van der Waals surface area contributed by atoms with Gasteiger partial charge in [0.05, 0.1) is 16.7 Å². The van der Waals surface area contributed by atoms with Crippen LogP contribution < -0.4 is 0 Å². The number of benzene rings is 5. The van der Waals surface area contributed by atoms with E-state index >= 15 is 0 Å². The second-order valence-corrected chi connectivity index (χ2v) is 14.3. The van der Waals surface area contributed by atoms with Crippen molar-refractivity contribution in [2.24, 2.45) is 0 Å². The Morgan fingerprint density at radius 1 is 0.356 bits per heavy atom. The van der Waals surface area contributed by atoms with E-state index in [2.05, 4.69) is 80.2 Å². The van der Waals surface area contributed by atoms with Crippen molar-refractivity contribution < 1.29 is 0 Å². The molecule has 5 aromatic heterocycles. The van der Waals surface area contributed by atoms with Crippen LogP contribution in [0.1, 0.15) is 23.3 Å². The summed E-state index contributed by atoms with van der Waals surface area (Å²) in [4.78, 5) is 47.8. The van der Waals surface area contributed by atoms with Gasteiger partial charge in [-0.05, 0) is 63.6 Å². The summed E-state index contributed by atoms with van der Waals surface area (Å²) in [6.45, 7) is 7.55. The summed E-state index contributed by atoms with van der Waals surface area (Å²) < 4.78 is 2.27. The fraction of sp³-hybridized carbons (Fsp3) is 0.0833. The van der Waals surface area contributed by atoms with Gasteiger partial charge in [0, 0.05) is 56.5 Å². The normalized spacial score (nSPS) is 11.4. The maximum absolute atomic E-state index is 5.23. The van der Waals surface area contributed by atoms with Gasteiger partial charge in [0.1, 0.15) is 23.3 Å². The molecule has 0 aliphatic carbocycles. The zero-order valence-electron chi connectivity index (χ0n) is 32.7. The minimum atomic E-state index is 0.521. The molecule has 0 amide bonds. The molecule has 0 atom stereocenters. The van der Waals surface area contributed by atoms with Gasteiger partial charge in [-0.3, -0.25) is 4.98 Å². The molecule has 0 aliphatic rings. The number of nitrogens with zero attached hydrogens (tertiary/aromatic N) is 11. The van der Waals surface area contributed by atoms with Gasteiger partial charge in [-0.15, -0.1) is 0 Å². The molecule has 0 N–H and O–H groups in total. The quantitative estimate of drug-likeness (QED) is 0.154. The zero-order chi connectivity index (χ0) is 40.0. The third-order valence-corrected chi connectivity index (χ3v) is 10.2. The lowest BCUT2D eigenvalue weighted by atomic mass is 10.0. The standard InChI is InChI=1S/C48H35N11/c1-28-50-29(2)53-46(52-28)35-17-20-38-39-21-18-36(47-54-30(3)51-31(4)55-47)26-43(39)59(42(38)25-35)41-22-19-34(37-16-11-23-49-27-37)24-40(41)48-57-44(32-12-7-5-8-13-32)56-45(58-48)33-14-9-6-10-15-33/h5-27H,1-4H3. The summed E-state index contributed by atoms with van der Waals surface area (Å²) in [5, 5.41) is 2.10. The van der Waals surface area contributed by atoms with E-state index in [-0.39, 0.29) is 0 Å². The molecule has 11 nitrogen and oxygen atoms in total. The lowest BCUT2D eigenvalue weighted by molar-refractivity contribution is 0.928. The molecule has 0 bridgehead atoms. The third kappa shape index (κ3) is 6.74. The highest BCUT2D eigenvalue weighted by Gasteiger charge is 2.22. The van der Waals surface area contributed by atoms with E-state index in [0.717, 1.165) is 66.4 Å². The number of aromatic nitrogens is 11. The third-order valence-electron chi connectivity index (χ3n) is 10.2. The molecule has 0 radical (unpaired) electrons. The topological polar surface area (TPSA) is 134 Å². The molecule has 0 saturated heterocycles. The average Bonchev–Trinajstić information content (AvgIpc) is 3.59. The molecule has 10 rings (SSSR count). The fourth-order valence-corrected chi connectivity index (χ4v) is 7.60. The predicted octanol–water partition coefficient (Wildman–Crippen LogP) is 9.97. The van der Waals surface area contributed by atoms with Crippen LogP contribution in [0.3, 0.4) is 0 Å². The first-order valence-corrected chi connectivity index (χ1v) is 19.2. The van der Waals surface area contributed by atoms with Crippen molar-refractivity contribution in [1.82, 2.24) is 54.4 Å². The van der Waals surface area contributed by atoms with Gasteiger partial charge < -0.3 is 4.57 Å². The highest BCUT2D eigenvalue weighted by atomic mass is 15.1. The van der Waals surface area contributed by atoms with Crippen LogP contribution in [0.4, 0.5) is 0 Å². The summed E-state index contributed by atoms with van der Waals surface area (Å²) in [6, 6.07) is 43.2. The molecule has 282 valence electrons. The summed E-state index contributed by atoms with van der Waals surface area (Å²) in [6.07, 6.45) is 3.65. The smallest absolute Gasteiger partial charge is 0.166 e. The molecule has 0 unspecified atom stereocenters. The van der Waals surface area contributed by atoms with Crippen molar-refractivity contribution in [1.29, 1.82) is 0 Å². The number of hydrogen-bond acceptors (Lipinski definition) is 10. The predicted molar refractivity (Wildman–Crippen MR) is 230 cm³/mol. The molecule has 0 saturated carbocycles. The molecule has 5 aromatic carbocycles. The van der Waals surface area contributed by atoms with Crippen molar-refractivity contribution >= 4 is 21.8 Å². The Morgan fingerprint density at radius 2 is 0.814 bits per heavy atom. The average molecular weight is 766 g/mol. The lowest BCUT2D eigenvalue weighted by Gasteiger charge is -2.17. The molecule has 0 spiro atoms. The first-order valence-electron chi connectivity index (χ1n) is 19.2. The Labute approximate surface area is 339 Å². The van der Waals surface area contributed by atoms with Crippen LogP contribution in [0.25, 0.3) is 95.6 Å². The van der Waals surface area contributed by atoms with Gasteiger partial charge >= 0.3 is 0 Å². The summed E-state index contributed by atoms with van der Waals surface area (Å²) in [5.74, 6) is 5.51. The molecular weight excluding hydrogens is 731 g/mol. The van der Waals surface area contributed by atoms with Crippen molar-refractivity contribution in [3.63, 3.8) is 0 Å². The first kappa shape index (κ1) is 35.5. The van der Waals surface area contributed by atoms with Crippen LogP contribution in [0.2, 0.25) is 0 Å². The van der Waals surface area contributed by atoms with Gasteiger partial charge in [0.25, 0.3) is 0 Å². The van der Waals surface area contributed by atoms with Crippen LogP contribution in [0, 0.1) is 27.7 Å². The molecular formula is C48H35N11. The van der Waals surface area contributed by atoms with Crippen molar-refractivity contribution in [2.45, 2.75) is 27.7 Å². The second kappa shape index (κ2) is 14.5. The second-order valence-electron chi connectivity index (χ2n) is 14.3. The Kier molecular flexibility index (Phi) is 8.75. The van der Waals surface area contributed by atoms with Crippen LogP contribution in [0.15, 0.2) is 140 Å². The maximum atomic E-state index is 5.23. The molecule has 0 fully saturated rings. The van der Waals surface area contributed by atoms with E-state index < -0.39 is 0 Å². The van der Waals surface area contributed by atoms with Crippen LogP contribution in [-0.2, 0) is 0 Å². The van der Waals surface area contributed by atoms with Crippen molar-refractivity contribution in [3.05, 3.63) is 163 Å². The van der Waals surface area contributed by atoms with E-state index in [9.17, 15) is 0 Å². The molecule has 11 heteroatoms. The first-order chi connectivity index (χ1) is 28.8. The summed E-state index contributed by atoms with van der Waals surface area (Å²) in [5.41, 5.74) is 9.00. The fourth-order valence-electron chi connectivity index (χ4n) is 7.60. The van der Waals surface area contributed by atoms with Gasteiger partial charge in [0.2, 0.25) is 0 Å². The van der Waals surface area contributed by atoms with Gasteiger partial charge in [-0.2, -0.15) is 0 Å². The largest absolute Gasteiger partial charge is 0.308 e. The highest BCUT2D eigenvalue weighted by Crippen LogP contribution is 2.40. The van der Waals surface area contributed by atoms with Crippen LogP contribution >= 0.6 is 0 Å². The molecule has 59 heavy (non-hydrogen) atoms. The highest BCUT2D eigenvalue weighted by molar-refractivity contribution is 6.11. The number of hydrogen-bond donors (Lipinski definition) is 0. The number of aryl methyl sites for hydroxylation is 4. The van der Waals surface area contributed by atoms with E-state index in [1.807, 2.05) is 101 Å². The monoisotopic (exact) mass is 765 g/mol. The van der Waals surface area contributed by atoms with Gasteiger partial charge in [-0.25, -0.2) is 44.9 Å². The summed E-state index contributed by atoms with van der Waals surface area (Å²) in [7, 11) is 0. The van der Waals surface area contributed by atoms with E-state index in [1.165, 1.54) is 0 Å². The Balaban J connectivity index is 1.31. The van der Waals surface area contributed by atoms with Gasteiger partial charge in [-0.1, -0.05) is 97.1 Å². The minimum Gasteiger partial charge on any atom is -0.308 e. The molecule has 5 heterocycles. The van der Waals surface area contributed by atoms with E-state index in [0.29, 0.717) is 52.4 Å². The minimum absolute atomic E-state index is 0.521. The lowest BCUT2D eigenvalue weighted by Crippen LogP contribution is -2.04. The van der Waals surface area contributed by atoms with Crippen molar-refractivity contribution in [2.75, 3.05) is 0 Å². The number of pyridine rings is 1. The number of fused-ring (bicyclic) bond motifs is 3. The summed E-state index contributed by atoms with van der Waals surface area (Å²) >= 11 is 0.